The highest BCUT2D eigenvalue weighted by Crippen LogP contribution is 2.37. The second-order valence-electron chi connectivity index (χ2n) is 6.86. The molecule has 1 heterocycles. The zero-order valence-corrected chi connectivity index (χ0v) is 14.5. The van der Waals surface area contributed by atoms with Crippen molar-refractivity contribution in [3.05, 3.63) is 0 Å². The van der Waals surface area contributed by atoms with E-state index >= 15 is 0 Å². The molecule has 0 bridgehead atoms. The molecule has 1 atom stereocenters. The summed E-state index contributed by atoms with van der Waals surface area (Å²) in [6.07, 6.45) is 1.24. The second kappa shape index (κ2) is 6.26. The number of amides is 1. The molecule has 0 saturated carbocycles. The lowest BCUT2D eigenvalue weighted by molar-refractivity contribution is -0.146. The van der Waals surface area contributed by atoms with Gasteiger partial charge < -0.3 is 14.1 Å². The molecule has 0 aliphatic carbocycles. The summed E-state index contributed by atoms with van der Waals surface area (Å²) in [4.78, 5) is 24.8. The molecule has 1 saturated heterocycles. The number of methoxy groups -OCH3 is 1. The largest absolute Gasteiger partial charge is 0.468 e. The van der Waals surface area contributed by atoms with Crippen LogP contribution in [0.3, 0.4) is 0 Å². The number of nitrogens with zero attached hydrogens (tertiary/aromatic N) is 1. The number of likely N-dealkylation sites (tertiary alicyclic amines) is 1. The maximum absolute atomic E-state index is 11.8. The van der Waals surface area contributed by atoms with Gasteiger partial charge in [-0.25, -0.2) is 0 Å². The molecule has 1 rings (SSSR count). The zero-order chi connectivity index (χ0) is 15.6. The van der Waals surface area contributed by atoms with Crippen LogP contribution >= 0.6 is 0 Å². The van der Waals surface area contributed by atoms with Crippen molar-refractivity contribution in [1.82, 2.24) is 4.90 Å². The van der Waals surface area contributed by atoms with Crippen LogP contribution in [-0.2, 0) is 18.8 Å². The highest BCUT2D eigenvalue weighted by molar-refractivity contribution is 6.74. The van der Waals surface area contributed by atoms with E-state index in [0.717, 1.165) is 6.42 Å². The molecular formula is C14H27NO4Si. The summed E-state index contributed by atoms with van der Waals surface area (Å²) in [7, 11) is -0.489. The Morgan fingerprint density at radius 3 is 2.50 bits per heavy atom. The van der Waals surface area contributed by atoms with Crippen LogP contribution in [0, 0.1) is 0 Å². The standard InChI is InChI=1S/C14H27NO4Si/c1-14(2,3)20(5,6)19-10-11-7-8-12(16)15(11)9-13(17)18-4/h11H,7-10H2,1-6H3/t11-/m0/s1. The number of hydrogen-bond donors (Lipinski definition) is 0. The van der Waals surface area contributed by atoms with Gasteiger partial charge in [0.15, 0.2) is 8.32 Å². The average Bonchev–Trinajstić information content (AvgIpc) is 2.67. The molecule has 0 spiro atoms. The van der Waals surface area contributed by atoms with Crippen molar-refractivity contribution in [2.24, 2.45) is 0 Å². The first kappa shape index (κ1) is 17.2. The Balaban J connectivity index is 2.62. The third-order valence-electron chi connectivity index (χ3n) is 4.42. The van der Waals surface area contributed by atoms with Crippen molar-refractivity contribution in [3.63, 3.8) is 0 Å². The molecule has 0 aromatic carbocycles. The van der Waals surface area contributed by atoms with E-state index in [1.165, 1.54) is 7.11 Å². The quantitative estimate of drug-likeness (QED) is 0.577. The van der Waals surface area contributed by atoms with Gasteiger partial charge in [0.05, 0.1) is 19.8 Å². The van der Waals surface area contributed by atoms with Gasteiger partial charge in [-0.3, -0.25) is 9.59 Å². The second-order valence-corrected chi connectivity index (χ2v) is 11.7. The molecule has 116 valence electrons. The minimum absolute atomic E-state index is 0.00396. The molecule has 0 radical (unpaired) electrons. The van der Waals surface area contributed by atoms with E-state index in [1.807, 2.05) is 0 Å². The molecule has 1 amide bonds. The van der Waals surface area contributed by atoms with Crippen LogP contribution in [0.4, 0.5) is 0 Å². The van der Waals surface area contributed by atoms with Crippen molar-refractivity contribution in [2.45, 2.75) is 57.8 Å². The monoisotopic (exact) mass is 301 g/mol. The molecule has 6 heteroatoms. The van der Waals surface area contributed by atoms with Crippen molar-refractivity contribution in [2.75, 3.05) is 20.3 Å². The Kier molecular flexibility index (Phi) is 5.37. The van der Waals surface area contributed by atoms with Crippen LogP contribution in [0.1, 0.15) is 33.6 Å². The summed E-state index contributed by atoms with van der Waals surface area (Å²) < 4.78 is 10.8. The molecule has 0 aromatic rings. The summed E-state index contributed by atoms with van der Waals surface area (Å²) in [6.45, 7) is 11.5. The number of hydrogen-bond acceptors (Lipinski definition) is 4. The molecule has 5 nitrogen and oxygen atoms in total. The molecule has 0 aromatic heterocycles. The van der Waals surface area contributed by atoms with Crippen molar-refractivity contribution >= 4 is 20.2 Å². The van der Waals surface area contributed by atoms with E-state index in [2.05, 4.69) is 38.6 Å². The van der Waals surface area contributed by atoms with E-state index in [4.69, 9.17) is 4.43 Å². The number of carbonyl (C=O) groups excluding carboxylic acids is 2. The normalized spacial score (nSPS) is 20.4. The Morgan fingerprint density at radius 2 is 2.00 bits per heavy atom. The van der Waals surface area contributed by atoms with E-state index in [0.29, 0.717) is 13.0 Å². The maximum atomic E-state index is 11.8. The Bertz CT molecular complexity index is 376. The van der Waals surface area contributed by atoms with Gasteiger partial charge in [0, 0.05) is 6.42 Å². The number of rotatable bonds is 5. The lowest BCUT2D eigenvalue weighted by Gasteiger charge is -2.37. The zero-order valence-electron chi connectivity index (χ0n) is 13.5. The van der Waals surface area contributed by atoms with Crippen LogP contribution in [-0.4, -0.2) is 51.4 Å². The van der Waals surface area contributed by atoms with Gasteiger partial charge in [-0.2, -0.15) is 0 Å². The topological polar surface area (TPSA) is 55.8 Å². The van der Waals surface area contributed by atoms with Crippen LogP contribution in [0.15, 0.2) is 0 Å². The third-order valence-corrected chi connectivity index (χ3v) is 8.92. The molecular weight excluding hydrogens is 274 g/mol. The lowest BCUT2D eigenvalue weighted by atomic mass is 10.2. The van der Waals surface area contributed by atoms with Gasteiger partial charge in [0.25, 0.3) is 0 Å². The SMILES string of the molecule is COC(=O)CN1C(=O)CC[C@H]1CO[Si](C)(C)C(C)(C)C. The average molecular weight is 301 g/mol. The number of carbonyl (C=O) groups is 2. The highest BCUT2D eigenvalue weighted by Gasteiger charge is 2.40. The van der Waals surface area contributed by atoms with Gasteiger partial charge in [0.2, 0.25) is 5.91 Å². The van der Waals surface area contributed by atoms with Gasteiger partial charge in [0.1, 0.15) is 6.54 Å². The summed E-state index contributed by atoms with van der Waals surface area (Å²) in [5, 5.41) is 0.142. The number of ether oxygens (including phenoxy) is 1. The van der Waals surface area contributed by atoms with Crippen molar-refractivity contribution < 1.29 is 18.8 Å². The molecule has 0 N–H and O–H groups in total. The molecule has 0 unspecified atom stereocenters. The number of esters is 1. The fraction of sp³-hybridized carbons (Fsp3) is 0.857. The van der Waals surface area contributed by atoms with Gasteiger partial charge in [-0.05, 0) is 24.6 Å². The lowest BCUT2D eigenvalue weighted by Crippen LogP contribution is -2.46. The summed E-state index contributed by atoms with van der Waals surface area (Å²) in [5.41, 5.74) is 0. The molecule has 1 fully saturated rings. The van der Waals surface area contributed by atoms with Gasteiger partial charge in [-0.1, -0.05) is 20.8 Å². The fourth-order valence-corrected chi connectivity index (χ4v) is 2.95. The molecule has 1 aliphatic rings. The van der Waals surface area contributed by atoms with E-state index in [-0.39, 0.29) is 29.5 Å². The van der Waals surface area contributed by atoms with Gasteiger partial charge >= 0.3 is 5.97 Å². The van der Waals surface area contributed by atoms with E-state index in [9.17, 15) is 9.59 Å². The predicted molar refractivity (Wildman–Crippen MR) is 79.9 cm³/mol. The van der Waals surface area contributed by atoms with Crippen molar-refractivity contribution in [3.8, 4) is 0 Å². The van der Waals surface area contributed by atoms with E-state index < -0.39 is 8.32 Å². The summed E-state index contributed by atoms with van der Waals surface area (Å²) >= 11 is 0. The Labute approximate surface area is 122 Å². The van der Waals surface area contributed by atoms with Crippen molar-refractivity contribution in [1.29, 1.82) is 0 Å². The van der Waals surface area contributed by atoms with Crippen LogP contribution in [0.25, 0.3) is 0 Å². The van der Waals surface area contributed by atoms with Gasteiger partial charge in [-0.15, -0.1) is 0 Å². The molecule has 1 aliphatic heterocycles. The minimum atomic E-state index is -1.83. The highest BCUT2D eigenvalue weighted by atomic mass is 28.4. The predicted octanol–water partition coefficient (Wildman–Crippen LogP) is 2.17. The van der Waals surface area contributed by atoms with Crippen LogP contribution in [0.2, 0.25) is 18.1 Å². The summed E-state index contributed by atoms with van der Waals surface area (Å²) in [5.74, 6) is -0.364. The molecule has 20 heavy (non-hydrogen) atoms. The first-order chi connectivity index (χ1) is 9.08. The van der Waals surface area contributed by atoms with Crippen LogP contribution in [0.5, 0.6) is 0 Å². The summed E-state index contributed by atoms with van der Waals surface area (Å²) in [6, 6.07) is -0.00396. The first-order valence-corrected chi connectivity index (χ1v) is 9.99. The third kappa shape index (κ3) is 4.05. The Hall–Kier alpha value is -0.883. The smallest absolute Gasteiger partial charge is 0.325 e. The Morgan fingerprint density at radius 1 is 1.40 bits per heavy atom. The first-order valence-electron chi connectivity index (χ1n) is 7.09. The fourth-order valence-electron chi connectivity index (χ4n) is 1.91. The van der Waals surface area contributed by atoms with E-state index in [1.54, 1.807) is 4.90 Å². The van der Waals surface area contributed by atoms with Crippen LogP contribution < -0.4 is 0 Å². The minimum Gasteiger partial charge on any atom is -0.468 e. The maximum Gasteiger partial charge on any atom is 0.325 e.